The second-order valence-electron chi connectivity index (χ2n) is 4.47. The van der Waals surface area contributed by atoms with Gasteiger partial charge in [0.25, 0.3) is 0 Å². The first-order valence-electron chi connectivity index (χ1n) is 6.46. The first-order valence-corrected chi connectivity index (χ1v) is 7.21. The second-order valence-corrected chi connectivity index (χ2v) is 5.31. The zero-order chi connectivity index (χ0) is 14.1. The fourth-order valence-corrected chi connectivity index (χ4v) is 2.16. The molecule has 0 fully saturated rings. The van der Waals surface area contributed by atoms with Gasteiger partial charge in [0.1, 0.15) is 0 Å². The third kappa shape index (κ3) is 7.41. The van der Waals surface area contributed by atoms with Crippen LogP contribution in [0, 0.1) is 0 Å². The largest absolute Gasteiger partial charge is 0.481 e. The number of hydrogen-bond acceptors (Lipinski definition) is 2. The molecule has 0 aliphatic carbocycles. The normalized spacial score (nSPS) is 10.6. The van der Waals surface area contributed by atoms with E-state index < -0.39 is 5.97 Å². The molecule has 1 aromatic rings. The van der Waals surface area contributed by atoms with Crippen LogP contribution < -0.4 is 5.32 Å². The van der Waals surface area contributed by atoms with Gasteiger partial charge in [-0.15, -0.1) is 0 Å². The Kier molecular flexibility index (Phi) is 7.87. The molecule has 0 atom stereocenters. The molecule has 0 saturated carbocycles. The van der Waals surface area contributed by atoms with E-state index in [9.17, 15) is 4.79 Å². The van der Waals surface area contributed by atoms with Gasteiger partial charge in [0.2, 0.25) is 0 Å². The van der Waals surface area contributed by atoms with Crippen LogP contribution in [0.4, 0.5) is 0 Å². The van der Waals surface area contributed by atoms with Gasteiger partial charge < -0.3 is 10.4 Å². The Hall–Kier alpha value is -0.770. The van der Waals surface area contributed by atoms with Crippen LogP contribution in [-0.4, -0.2) is 17.6 Å². The van der Waals surface area contributed by atoms with Gasteiger partial charge in [0.05, 0.1) is 0 Å². The topological polar surface area (TPSA) is 49.3 Å². The van der Waals surface area contributed by atoms with Crippen molar-refractivity contribution >= 4 is 29.2 Å². The SMILES string of the molecule is O=C(O)CCCCCCNCc1cc(Cl)ccc1Cl. The number of carboxylic acids is 1. The minimum absolute atomic E-state index is 0.269. The van der Waals surface area contributed by atoms with Gasteiger partial charge in [0, 0.05) is 23.0 Å². The monoisotopic (exact) mass is 303 g/mol. The van der Waals surface area contributed by atoms with Gasteiger partial charge in [-0.05, 0) is 43.1 Å². The fourth-order valence-electron chi connectivity index (χ4n) is 1.78. The smallest absolute Gasteiger partial charge is 0.303 e. The van der Waals surface area contributed by atoms with E-state index in [1.165, 1.54) is 0 Å². The molecule has 0 radical (unpaired) electrons. The summed E-state index contributed by atoms with van der Waals surface area (Å²) in [5, 5.41) is 13.2. The van der Waals surface area contributed by atoms with Crippen LogP contribution in [-0.2, 0) is 11.3 Å². The number of carboxylic acid groups (broad SMARTS) is 1. The van der Waals surface area contributed by atoms with Crippen LogP contribution in [0.25, 0.3) is 0 Å². The summed E-state index contributed by atoms with van der Waals surface area (Å²) in [4.78, 5) is 10.3. The molecule has 19 heavy (non-hydrogen) atoms. The molecule has 0 aliphatic rings. The number of halogens is 2. The Morgan fingerprint density at radius 2 is 1.89 bits per heavy atom. The Balaban J connectivity index is 2.07. The summed E-state index contributed by atoms with van der Waals surface area (Å²) in [5.74, 6) is -0.714. The molecule has 0 aliphatic heterocycles. The van der Waals surface area contributed by atoms with Gasteiger partial charge in [-0.3, -0.25) is 4.79 Å². The van der Waals surface area contributed by atoms with Crippen LogP contribution in [0.2, 0.25) is 10.0 Å². The van der Waals surface area contributed by atoms with E-state index in [2.05, 4.69) is 5.32 Å². The Morgan fingerprint density at radius 3 is 2.63 bits per heavy atom. The minimum atomic E-state index is -0.714. The van der Waals surface area contributed by atoms with Crippen LogP contribution in [0.15, 0.2) is 18.2 Å². The first-order chi connectivity index (χ1) is 9.09. The van der Waals surface area contributed by atoms with Crippen molar-refractivity contribution in [1.82, 2.24) is 5.32 Å². The molecule has 0 spiro atoms. The Morgan fingerprint density at radius 1 is 1.16 bits per heavy atom. The molecule has 2 N–H and O–H groups in total. The molecule has 0 amide bonds. The van der Waals surface area contributed by atoms with Crippen LogP contribution in [0.5, 0.6) is 0 Å². The average molecular weight is 304 g/mol. The van der Waals surface area contributed by atoms with Gasteiger partial charge in [-0.1, -0.05) is 36.0 Å². The molecule has 1 aromatic carbocycles. The lowest BCUT2D eigenvalue weighted by Gasteiger charge is -2.07. The van der Waals surface area contributed by atoms with Crippen molar-refractivity contribution in [3.05, 3.63) is 33.8 Å². The summed E-state index contributed by atoms with van der Waals surface area (Å²) < 4.78 is 0. The van der Waals surface area contributed by atoms with E-state index in [0.717, 1.165) is 42.8 Å². The van der Waals surface area contributed by atoms with Crippen molar-refractivity contribution in [2.45, 2.75) is 38.6 Å². The van der Waals surface area contributed by atoms with E-state index in [1.54, 1.807) is 12.1 Å². The van der Waals surface area contributed by atoms with E-state index >= 15 is 0 Å². The number of carbonyl (C=O) groups is 1. The predicted octanol–water partition coefficient (Wildman–Crippen LogP) is 4.12. The van der Waals surface area contributed by atoms with Crippen LogP contribution >= 0.6 is 23.2 Å². The molecule has 0 aromatic heterocycles. The molecule has 0 unspecified atom stereocenters. The summed E-state index contributed by atoms with van der Waals surface area (Å²) in [5.41, 5.74) is 1.00. The van der Waals surface area contributed by atoms with Crippen molar-refractivity contribution in [2.24, 2.45) is 0 Å². The average Bonchev–Trinajstić information content (AvgIpc) is 2.36. The molecule has 0 saturated heterocycles. The molecule has 0 heterocycles. The lowest BCUT2D eigenvalue weighted by Crippen LogP contribution is -2.14. The van der Waals surface area contributed by atoms with Crippen molar-refractivity contribution in [3.63, 3.8) is 0 Å². The lowest BCUT2D eigenvalue weighted by molar-refractivity contribution is -0.137. The van der Waals surface area contributed by atoms with Crippen molar-refractivity contribution in [2.75, 3.05) is 6.54 Å². The summed E-state index contributed by atoms with van der Waals surface area (Å²) in [6.45, 7) is 1.60. The molecule has 1 rings (SSSR count). The molecule has 0 bridgehead atoms. The molecule has 5 heteroatoms. The van der Waals surface area contributed by atoms with E-state index in [-0.39, 0.29) is 6.42 Å². The van der Waals surface area contributed by atoms with Crippen LogP contribution in [0.1, 0.15) is 37.7 Å². The number of unbranched alkanes of at least 4 members (excludes halogenated alkanes) is 3. The highest BCUT2D eigenvalue weighted by Gasteiger charge is 2.01. The van der Waals surface area contributed by atoms with Crippen molar-refractivity contribution in [1.29, 1.82) is 0 Å². The van der Waals surface area contributed by atoms with E-state index in [0.29, 0.717) is 11.6 Å². The maximum atomic E-state index is 10.3. The third-order valence-electron chi connectivity index (χ3n) is 2.82. The number of benzene rings is 1. The summed E-state index contributed by atoms with van der Waals surface area (Å²) in [6.07, 6.45) is 4.08. The molecular formula is C14H19Cl2NO2. The maximum absolute atomic E-state index is 10.3. The van der Waals surface area contributed by atoms with Gasteiger partial charge in [-0.2, -0.15) is 0 Å². The standard InChI is InChI=1S/C14H19Cl2NO2/c15-12-6-7-13(16)11(9-12)10-17-8-4-2-1-3-5-14(18)19/h6-7,9,17H,1-5,8,10H2,(H,18,19). The van der Waals surface area contributed by atoms with Crippen LogP contribution in [0.3, 0.4) is 0 Å². The number of rotatable bonds is 9. The molecule has 106 valence electrons. The summed E-state index contributed by atoms with van der Waals surface area (Å²) in [6, 6.07) is 5.44. The first kappa shape index (κ1) is 16.3. The molecular weight excluding hydrogens is 285 g/mol. The Bertz CT molecular complexity index is 410. The highest BCUT2D eigenvalue weighted by molar-refractivity contribution is 6.33. The summed E-state index contributed by atoms with van der Waals surface area (Å²) in [7, 11) is 0. The zero-order valence-electron chi connectivity index (χ0n) is 10.8. The predicted molar refractivity (Wildman–Crippen MR) is 78.9 cm³/mol. The second kappa shape index (κ2) is 9.18. The van der Waals surface area contributed by atoms with Gasteiger partial charge >= 0.3 is 5.97 Å². The number of aliphatic carboxylic acids is 1. The zero-order valence-corrected chi connectivity index (χ0v) is 12.3. The van der Waals surface area contributed by atoms with Gasteiger partial charge in [-0.25, -0.2) is 0 Å². The number of hydrogen-bond donors (Lipinski definition) is 2. The van der Waals surface area contributed by atoms with Crippen molar-refractivity contribution < 1.29 is 9.90 Å². The number of nitrogens with one attached hydrogen (secondary N) is 1. The highest BCUT2D eigenvalue weighted by atomic mass is 35.5. The lowest BCUT2D eigenvalue weighted by atomic mass is 10.1. The fraction of sp³-hybridized carbons (Fsp3) is 0.500. The minimum Gasteiger partial charge on any atom is -0.481 e. The summed E-state index contributed by atoms with van der Waals surface area (Å²) >= 11 is 12.0. The third-order valence-corrected chi connectivity index (χ3v) is 3.42. The quantitative estimate of drug-likeness (QED) is 0.675. The van der Waals surface area contributed by atoms with E-state index in [4.69, 9.17) is 28.3 Å². The highest BCUT2D eigenvalue weighted by Crippen LogP contribution is 2.20. The Labute approximate surface area is 123 Å². The molecule has 3 nitrogen and oxygen atoms in total. The van der Waals surface area contributed by atoms with Crippen molar-refractivity contribution in [3.8, 4) is 0 Å². The van der Waals surface area contributed by atoms with E-state index in [1.807, 2.05) is 6.07 Å². The van der Waals surface area contributed by atoms with Gasteiger partial charge in [0.15, 0.2) is 0 Å². The maximum Gasteiger partial charge on any atom is 0.303 e.